The van der Waals surface area contributed by atoms with Gasteiger partial charge in [-0.05, 0) is 44.0 Å². The SMILES string of the molecule is Cc1ccc(NC(=O)Nc2cccc(-c3noc(C4CCC4)n3)c2)cc1. The van der Waals surface area contributed by atoms with Gasteiger partial charge in [-0.1, -0.05) is 41.4 Å². The van der Waals surface area contributed by atoms with Crippen LogP contribution in [0.15, 0.2) is 53.1 Å². The molecule has 3 aromatic rings. The molecule has 26 heavy (non-hydrogen) atoms. The number of amides is 2. The number of carbonyl (C=O) groups excluding carboxylic acids is 1. The highest BCUT2D eigenvalue weighted by atomic mass is 16.5. The van der Waals surface area contributed by atoms with Gasteiger partial charge in [0.25, 0.3) is 0 Å². The second-order valence-electron chi connectivity index (χ2n) is 6.61. The third-order valence-corrected chi connectivity index (χ3v) is 4.58. The van der Waals surface area contributed by atoms with Gasteiger partial charge >= 0.3 is 6.03 Å². The zero-order chi connectivity index (χ0) is 17.9. The van der Waals surface area contributed by atoms with Crippen LogP contribution in [0.25, 0.3) is 11.4 Å². The lowest BCUT2D eigenvalue weighted by atomic mass is 9.85. The van der Waals surface area contributed by atoms with Gasteiger partial charge in [-0.15, -0.1) is 0 Å². The molecule has 0 bridgehead atoms. The van der Waals surface area contributed by atoms with Gasteiger partial charge in [-0.2, -0.15) is 4.98 Å². The van der Waals surface area contributed by atoms with E-state index >= 15 is 0 Å². The molecule has 4 rings (SSSR count). The van der Waals surface area contributed by atoms with Crippen molar-refractivity contribution in [1.82, 2.24) is 10.1 Å². The molecule has 1 aromatic heterocycles. The molecule has 0 saturated heterocycles. The molecule has 6 heteroatoms. The molecule has 1 aliphatic carbocycles. The first-order chi connectivity index (χ1) is 12.7. The summed E-state index contributed by atoms with van der Waals surface area (Å²) in [5.74, 6) is 1.66. The minimum atomic E-state index is -0.297. The minimum absolute atomic E-state index is 0.297. The Labute approximate surface area is 151 Å². The fraction of sp³-hybridized carbons (Fsp3) is 0.250. The number of benzene rings is 2. The van der Waals surface area contributed by atoms with E-state index in [4.69, 9.17) is 4.52 Å². The van der Waals surface area contributed by atoms with Gasteiger partial charge < -0.3 is 15.2 Å². The molecule has 132 valence electrons. The van der Waals surface area contributed by atoms with Gasteiger partial charge in [-0.25, -0.2) is 4.79 Å². The maximum atomic E-state index is 12.2. The van der Waals surface area contributed by atoms with Gasteiger partial charge in [0.2, 0.25) is 11.7 Å². The quantitative estimate of drug-likeness (QED) is 0.698. The predicted molar refractivity (Wildman–Crippen MR) is 100 cm³/mol. The Morgan fingerprint density at radius 2 is 1.85 bits per heavy atom. The first kappa shape index (κ1) is 16.3. The third-order valence-electron chi connectivity index (χ3n) is 4.58. The second-order valence-corrected chi connectivity index (χ2v) is 6.61. The van der Waals surface area contributed by atoms with Crippen LogP contribution in [0.3, 0.4) is 0 Å². The van der Waals surface area contributed by atoms with E-state index in [0.717, 1.165) is 29.7 Å². The van der Waals surface area contributed by atoms with Crippen LogP contribution in [-0.2, 0) is 0 Å². The van der Waals surface area contributed by atoms with Crippen molar-refractivity contribution in [3.8, 4) is 11.4 Å². The van der Waals surface area contributed by atoms with Gasteiger partial charge in [0.15, 0.2) is 0 Å². The molecule has 6 nitrogen and oxygen atoms in total. The first-order valence-corrected chi connectivity index (χ1v) is 8.76. The van der Waals surface area contributed by atoms with Gasteiger partial charge in [0.05, 0.1) is 0 Å². The number of urea groups is 1. The molecule has 0 unspecified atom stereocenters. The van der Waals surface area contributed by atoms with Crippen LogP contribution < -0.4 is 10.6 Å². The molecule has 2 N–H and O–H groups in total. The van der Waals surface area contributed by atoms with Crippen LogP contribution in [0.2, 0.25) is 0 Å². The van der Waals surface area contributed by atoms with E-state index in [1.54, 1.807) is 0 Å². The molecule has 0 spiro atoms. The lowest BCUT2D eigenvalue weighted by molar-refractivity contribution is 0.262. The van der Waals surface area contributed by atoms with Gasteiger partial charge in [0, 0.05) is 22.9 Å². The molecular formula is C20H20N4O2. The van der Waals surface area contributed by atoms with Crippen molar-refractivity contribution in [2.24, 2.45) is 0 Å². The molecule has 0 radical (unpaired) electrons. The van der Waals surface area contributed by atoms with E-state index in [1.807, 2.05) is 55.5 Å². The van der Waals surface area contributed by atoms with Crippen LogP contribution in [0.1, 0.15) is 36.6 Å². The molecule has 0 aliphatic heterocycles. The predicted octanol–water partition coefficient (Wildman–Crippen LogP) is 4.96. The summed E-state index contributed by atoms with van der Waals surface area (Å²) in [6, 6.07) is 14.8. The zero-order valence-electron chi connectivity index (χ0n) is 14.5. The molecule has 2 aromatic carbocycles. The normalized spacial score (nSPS) is 13.9. The molecule has 1 fully saturated rings. The summed E-state index contributed by atoms with van der Waals surface area (Å²) in [5.41, 5.74) is 3.37. The van der Waals surface area contributed by atoms with E-state index in [1.165, 1.54) is 6.42 Å². The van der Waals surface area contributed by atoms with Crippen molar-refractivity contribution >= 4 is 17.4 Å². The highest BCUT2D eigenvalue weighted by Gasteiger charge is 2.25. The number of hydrogen-bond acceptors (Lipinski definition) is 4. The summed E-state index contributed by atoms with van der Waals surface area (Å²) in [7, 11) is 0. The molecule has 1 saturated carbocycles. The van der Waals surface area contributed by atoms with Gasteiger partial charge in [-0.3, -0.25) is 0 Å². The van der Waals surface area contributed by atoms with Crippen molar-refractivity contribution in [2.75, 3.05) is 10.6 Å². The largest absolute Gasteiger partial charge is 0.339 e. The summed E-state index contributed by atoms with van der Waals surface area (Å²) in [5, 5.41) is 9.71. The van der Waals surface area contributed by atoms with Crippen molar-refractivity contribution < 1.29 is 9.32 Å². The number of nitrogens with zero attached hydrogens (tertiary/aromatic N) is 2. The van der Waals surface area contributed by atoms with Crippen molar-refractivity contribution in [3.63, 3.8) is 0 Å². The number of hydrogen-bond donors (Lipinski definition) is 2. The molecule has 1 heterocycles. The standard InChI is InChI=1S/C20H20N4O2/c1-13-8-10-16(11-9-13)21-20(25)22-17-7-3-6-15(12-17)18-23-19(26-24-18)14-4-2-5-14/h3,6-12,14H,2,4-5H2,1H3,(H2,21,22,25). The molecule has 2 amide bonds. The first-order valence-electron chi connectivity index (χ1n) is 8.76. The van der Waals surface area contributed by atoms with Crippen LogP contribution >= 0.6 is 0 Å². The van der Waals surface area contributed by atoms with Crippen molar-refractivity contribution in [2.45, 2.75) is 32.1 Å². The van der Waals surface area contributed by atoms with E-state index in [9.17, 15) is 4.79 Å². The van der Waals surface area contributed by atoms with Crippen molar-refractivity contribution in [1.29, 1.82) is 0 Å². The summed E-state index contributed by atoms with van der Waals surface area (Å²) in [6.07, 6.45) is 3.45. The van der Waals surface area contributed by atoms with Gasteiger partial charge in [0.1, 0.15) is 0 Å². The fourth-order valence-corrected chi connectivity index (χ4v) is 2.84. The van der Waals surface area contributed by atoms with Crippen LogP contribution in [0.4, 0.5) is 16.2 Å². The lowest BCUT2D eigenvalue weighted by Crippen LogP contribution is -2.19. The Bertz CT molecular complexity index is 914. The maximum Gasteiger partial charge on any atom is 0.323 e. The second kappa shape index (κ2) is 7.00. The molecular weight excluding hydrogens is 328 g/mol. The van der Waals surface area contributed by atoms with Crippen LogP contribution in [-0.4, -0.2) is 16.2 Å². The van der Waals surface area contributed by atoms with E-state index in [0.29, 0.717) is 23.3 Å². The highest BCUT2D eigenvalue weighted by Crippen LogP contribution is 2.36. The van der Waals surface area contributed by atoms with Crippen LogP contribution in [0, 0.1) is 6.92 Å². The number of aromatic nitrogens is 2. The number of rotatable bonds is 4. The Balaban J connectivity index is 1.44. The summed E-state index contributed by atoms with van der Waals surface area (Å²) >= 11 is 0. The maximum absolute atomic E-state index is 12.2. The topological polar surface area (TPSA) is 80.0 Å². The van der Waals surface area contributed by atoms with E-state index in [2.05, 4.69) is 20.8 Å². The monoisotopic (exact) mass is 348 g/mol. The number of carbonyl (C=O) groups is 1. The minimum Gasteiger partial charge on any atom is -0.339 e. The third kappa shape index (κ3) is 3.59. The van der Waals surface area contributed by atoms with Crippen molar-refractivity contribution in [3.05, 3.63) is 60.0 Å². The number of anilines is 2. The van der Waals surface area contributed by atoms with E-state index < -0.39 is 0 Å². The fourth-order valence-electron chi connectivity index (χ4n) is 2.84. The Kier molecular flexibility index (Phi) is 4.39. The Morgan fingerprint density at radius 1 is 1.08 bits per heavy atom. The molecule has 0 atom stereocenters. The average molecular weight is 348 g/mol. The highest BCUT2D eigenvalue weighted by molar-refractivity contribution is 6.00. The molecule has 1 aliphatic rings. The smallest absolute Gasteiger partial charge is 0.323 e. The summed E-state index contributed by atoms with van der Waals surface area (Å²) in [6.45, 7) is 2.00. The van der Waals surface area contributed by atoms with E-state index in [-0.39, 0.29) is 6.03 Å². The lowest BCUT2D eigenvalue weighted by Gasteiger charge is -2.20. The zero-order valence-corrected chi connectivity index (χ0v) is 14.5. The Morgan fingerprint density at radius 3 is 2.58 bits per heavy atom. The Hall–Kier alpha value is -3.15. The summed E-state index contributed by atoms with van der Waals surface area (Å²) in [4.78, 5) is 16.7. The average Bonchev–Trinajstić information content (AvgIpc) is 3.05. The summed E-state index contributed by atoms with van der Waals surface area (Å²) < 4.78 is 5.37. The van der Waals surface area contributed by atoms with Crippen LogP contribution in [0.5, 0.6) is 0 Å². The number of nitrogens with one attached hydrogen (secondary N) is 2. The number of aryl methyl sites for hydroxylation is 1.